The van der Waals surface area contributed by atoms with Crippen LogP contribution < -0.4 is 4.90 Å². The fourth-order valence-electron chi connectivity index (χ4n) is 15.0. The van der Waals surface area contributed by atoms with Crippen molar-refractivity contribution in [2.24, 2.45) is 17.8 Å². The van der Waals surface area contributed by atoms with E-state index < -0.39 is 5.41 Å². The molecule has 1 nitrogen and oxygen atoms in total. The first kappa shape index (κ1) is 39.7. The fraction of sp³-hybridized carbons (Fsp3) is 0.344. The van der Waals surface area contributed by atoms with Gasteiger partial charge in [-0.25, -0.2) is 0 Å². The molecule has 0 unspecified atom stereocenters. The van der Waals surface area contributed by atoms with Crippen LogP contribution in [0.1, 0.15) is 144 Å². The third-order valence-electron chi connectivity index (χ3n) is 17.8. The van der Waals surface area contributed by atoms with E-state index in [1.165, 1.54) is 133 Å². The molecule has 65 heavy (non-hydrogen) atoms. The molecule has 0 N–H and O–H groups in total. The Hall–Kier alpha value is -5.66. The van der Waals surface area contributed by atoms with Crippen molar-refractivity contribution in [2.75, 3.05) is 4.90 Å². The average molecular weight is 846 g/mol. The number of nitrogens with zero attached hydrogens (tertiary/aromatic N) is 1. The molecule has 0 aliphatic heterocycles. The first-order valence-corrected chi connectivity index (χ1v) is 24.8. The summed E-state index contributed by atoms with van der Waals surface area (Å²) < 4.78 is 0. The number of rotatable bonds is 4. The third-order valence-corrected chi connectivity index (χ3v) is 17.8. The zero-order valence-corrected chi connectivity index (χ0v) is 39.8. The largest absolute Gasteiger partial charge is 0.310 e. The van der Waals surface area contributed by atoms with Crippen LogP contribution in [0.15, 0.2) is 146 Å². The summed E-state index contributed by atoms with van der Waals surface area (Å²) in [7, 11) is 0. The van der Waals surface area contributed by atoms with E-state index >= 15 is 0 Å². The Morgan fingerprint density at radius 2 is 0.800 bits per heavy atom. The van der Waals surface area contributed by atoms with Crippen LogP contribution in [0.25, 0.3) is 33.4 Å². The van der Waals surface area contributed by atoms with Gasteiger partial charge in [-0.3, -0.25) is 0 Å². The summed E-state index contributed by atoms with van der Waals surface area (Å²) in [6, 6.07) is 58.0. The van der Waals surface area contributed by atoms with Gasteiger partial charge in [0.1, 0.15) is 0 Å². The molecule has 0 atom stereocenters. The molecule has 0 radical (unpaired) electrons. The van der Waals surface area contributed by atoms with Crippen molar-refractivity contribution in [1.29, 1.82) is 0 Å². The molecular formula is C64H63N. The molecule has 7 aromatic carbocycles. The molecule has 7 aliphatic rings. The maximum atomic E-state index is 2.60. The topological polar surface area (TPSA) is 3.24 Å². The summed E-state index contributed by atoms with van der Waals surface area (Å²) in [6.07, 6.45) is 8.55. The molecule has 7 aliphatic carbocycles. The molecular weight excluding hydrogens is 783 g/mol. The van der Waals surface area contributed by atoms with E-state index in [2.05, 4.69) is 206 Å². The molecule has 4 bridgehead atoms. The Morgan fingerprint density at radius 1 is 0.400 bits per heavy atom. The standard InChI is InChI=1S/C64H63N/c1-60(2,3)43-19-25-51-52-26-20-44(61(4,5)6)33-58(52)64(57(51)32-43)55-16-12-10-14-49(55)53-28-24-47(35-59(53)64)65(46-23-27-50-48-13-9-11-15-54(48)62(7,8)56(50)34-46)45-21-17-42(18-22-45)63-36-39-29-40(37-63)31-41(30-39)38-63/h9-28,32-35,39-41H,29-31,36-38H2,1-8H3. The SMILES string of the molecule is CC(C)(C)c1ccc2c(c1)C1(c3ccccc3-c3ccc(N(c4ccc(C56CC7CC(CC(C7)C5)C6)cc4)c4ccc5c(c4)C(C)(C)c4ccccc4-5)cc31)c1cc(C(C)(C)C)ccc1-2. The predicted octanol–water partition coefficient (Wildman–Crippen LogP) is 16.9. The minimum absolute atomic E-state index is 0.00447. The molecule has 14 rings (SSSR count). The molecule has 1 spiro atoms. The van der Waals surface area contributed by atoms with Gasteiger partial charge in [0, 0.05) is 22.5 Å². The first-order chi connectivity index (χ1) is 31.1. The Morgan fingerprint density at radius 3 is 1.32 bits per heavy atom. The number of benzene rings is 7. The van der Waals surface area contributed by atoms with E-state index in [4.69, 9.17) is 0 Å². The maximum Gasteiger partial charge on any atom is 0.0726 e. The van der Waals surface area contributed by atoms with E-state index in [-0.39, 0.29) is 16.2 Å². The highest BCUT2D eigenvalue weighted by atomic mass is 15.1. The Kier molecular flexibility index (Phi) is 8.09. The zero-order chi connectivity index (χ0) is 44.4. The van der Waals surface area contributed by atoms with Crippen LogP contribution in [0.2, 0.25) is 0 Å². The lowest BCUT2D eigenvalue weighted by atomic mass is 9.48. The van der Waals surface area contributed by atoms with Crippen LogP contribution in [-0.4, -0.2) is 0 Å². The number of hydrogen-bond acceptors (Lipinski definition) is 1. The van der Waals surface area contributed by atoms with Gasteiger partial charge in [-0.1, -0.05) is 165 Å². The monoisotopic (exact) mass is 845 g/mol. The maximum absolute atomic E-state index is 2.60. The number of hydrogen-bond donors (Lipinski definition) is 0. The minimum Gasteiger partial charge on any atom is -0.310 e. The molecule has 1 heteroatoms. The lowest BCUT2D eigenvalue weighted by molar-refractivity contribution is -0.00518. The summed E-state index contributed by atoms with van der Waals surface area (Å²) in [5, 5.41) is 0. The van der Waals surface area contributed by atoms with Gasteiger partial charge in [0.25, 0.3) is 0 Å². The molecule has 0 aromatic heterocycles. The molecule has 4 saturated carbocycles. The summed E-state index contributed by atoms with van der Waals surface area (Å²) in [6.45, 7) is 19.0. The fourth-order valence-corrected chi connectivity index (χ4v) is 15.0. The van der Waals surface area contributed by atoms with Crippen LogP contribution >= 0.6 is 0 Å². The lowest BCUT2D eigenvalue weighted by Crippen LogP contribution is -2.48. The second-order valence-corrected chi connectivity index (χ2v) is 24.0. The van der Waals surface area contributed by atoms with Crippen LogP contribution in [0, 0.1) is 17.8 Å². The highest BCUT2D eigenvalue weighted by Gasteiger charge is 2.54. The summed E-state index contributed by atoms with van der Waals surface area (Å²) in [5.41, 5.74) is 24.3. The first-order valence-electron chi connectivity index (χ1n) is 24.8. The Balaban J connectivity index is 1.04. The number of fused-ring (bicyclic) bond motifs is 13. The van der Waals surface area contributed by atoms with Gasteiger partial charge in [0.2, 0.25) is 0 Å². The number of anilines is 3. The van der Waals surface area contributed by atoms with Crippen molar-refractivity contribution < 1.29 is 0 Å². The van der Waals surface area contributed by atoms with Crippen molar-refractivity contribution in [3.8, 4) is 33.4 Å². The smallest absolute Gasteiger partial charge is 0.0726 e. The molecule has 0 amide bonds. The van der Waals surface area contributed by atoms with Crippen molar-refractivity contribution in [1.82, 2.24) is 0 Å². The Labute approximate surface area is 388 Å². The third kappa shape index (κ3) is 5.51. The highest BCUT2D eigenvalue weighted by molar-refractivity contribution is 5.97. The second-order valence-electron chi connectivity index (χ2n) is 24.0. The van der Waals surface area contributed by atoms with E-state index in [1.807, 2.05) is 0 Å². The normalized spacial score (nSPS) is 23.2. The van der Waals surface area contributed by atoms with Gasteiger partial charge in [0.05, 0.1) is 5.41 Å². The van der Waals surface area contributed by atoms with Crippen molar-refractivity contribution >= 4 is 17.1 Å². The average Bonchev–Trinajstić information content (AvgIpc) is 3.83. The molecule has 4 fully saturated rings. The molecule has 0 heterocycles. The van der Waals surface area contributed by atoms with Crippen LogP contribution in [-0.2, 0) is 27.1 Å². The van der Waals surface area contributed by atoms with Crippen molar-refractivity contribution in [3.63, 3.8) is 0 Å². The van der Waals surface area contributed by atoms with Gasteiger partial charge >= 0.3 is 0 Å². The van der Waals surface area contributed by atoms with Gasteiger partial charge in [-0.15, -0.1) is 0 Å². The lowest BCUT2D eigenvalue weighted by Gasteiger charge is -2.57. The van der Waals surface area contributed by atoms with Gasteiger partial charge in [0.15, 0.2) is 0 Å². The molecule has 324 valence electrons. The summed E-state index contributed by atoms with van der Waals surface area (Å²) in [4.78, 5) is 2.59. The predicted molar refractivity (Wildman–Crippen MR) is 272 cm³/mol. The Bertz CT molecular complexity index is 3020. The van der Waals surface area contributed by atoms with E-state index in [0.29, 0.717) is 5.41 Å². The van der Waals surface area contributed by atoms with Crippen LogP contribution in [0.4, 0.5) is 17.1 Å². The molecule has 7 aromatic rings. The highest BCUT2D eigenvalue weighted by Crippen LogP contribution is 2.65. The van der Waals surface area contributed by atoms with Gasteiger partial charge in [-0.05, 0) is 192 Å². The van der Waals surface area contributed by atoms with E-state index in [9.17, 15) is 0 Å². The van der Waals surface area contributed by atoms with Crippen molar-refractivity contribution in [2.45, 2.75) is 121 Å². The van der Waals surface area contributed by atoms with Crippen LogP contribution in [0.5, 0.6) is 0 Å². The zero-order valence-electron chi connectivity index (χ0n) is 39.8. The minimum atomic E-state index is -0.468. The second kappa shape index (κ2) is 13.2. The summed E-state index contributed by atoms with van der Waals surface area (Å²) in [5.74, 6) is 2.76. The van der Waals surface area contributed by atoms with E-state index in [0.717, 1.165) is 17.8 Å². The molecule has 0 saturated heterocycles. The van der Waals surface area contributed by atoms with Crippen molar-refractivity contribution in [3.05, 3.63) is 196 Å². The quantitative estimate of drug-likeness (QED) is 0.171. The van der Waals surface area contributed by atoms with Gasteiger partial charge < -0.3 is 4.90 Å². The van der Waals surface area contributed by atoms with Gasteiger partial charge in [-0.2, -0.15) is 0 Å². The van der Waals surface area contributed by atoms with Crippen LogP contribution in [0.3, 0.4) is 0 Å². The van der Waals surface area contributed by atoms with E-state index in [1.54, 1.807) is 5.56 Å². The summed E-state index contributed by atoms with van der Waals surface area (Å²) >= 11 is 0.